The van der Waals surface area contributed by atoms with E-state index in [1.807, 2.05) is 31.2 Å². The third-order valence-electron chi connectivity index (χ3n) is 3.76. The fraction of sp³-hybridized carbons (Fsp3) is 0.250. The summed E-state index contributed by atoms with van der Waals surface area (Å²) < 4.78 is 30.5. The average Bonchev–Trinajstić information content (AvgIpc) is 2.62. The standard InChI is InChI=1S/C20H24N2O4S/c1-4-13-22(27(3,24)25)18-10-8-17(9-11-18)20(23)21-12-14-26-19-7-5-6-16(2)15-19/h4-11,15H,1,12-14H2,2-3H3,(H,21,23). The van der Waals surface area contributed by atoms with E-state index < -0.39 is 10.0 Å². The number of rotatable bonds is 9. The van der Waals surface area contributed by atoms with Gasteiger partial charge in [0.05, 0.1) is 25.0 Å². The zero-order valence-electron chi connectivity index (χ0n) is 15.5. The molecule has 2 aromatic carbocycles. The van der Waals surface area contributed by atoms with Gasteiger partial charge in [0.2, 0.25) is 10.0 Å². The topological polar surface area (TPSA) is 75.7 Å². The normalized spacial score (nSPS) is 10.9. The number of carbonyl (C=O) groups excluding carboxylic acids is 1. The molecular formula is C20H24N2O4S. The van der Waals surface area contributed by atoms with Crippen molar-refractivity contribution in [2.24, 2.45) is 0 Å². The summed E-state index contributed by atoms with van der Waals surface area (Å²) in [6.45, 7) is 6.44. The molecule has 0 aliphatic heterocycles. The molecule has 1 amide bonds. The van der Waals surface area contributed by atoms with Crippen LogP contribution in [0.15, 0.2) is 61.2 Å². The van der Waals surface area contributed by atoms with Crippen LogP contribution in [-0.4, -0.2) is 40.3 Å². The lowest BCUT2D eigenvalue weighted by molar-refractivity contribution is 0.0947. The fourth-order valence-corrected chi connectivity index (χ4v) is 3.35. The highest BCUT2D eigenvalue weighted by Gasteiger charge is 2.16. The molecule has 6 nitrogen and oxygen atoms in total. The second-order valence-corrected chi connectivity index (χ2v) is 7.96. The molecule has 7 heteroatoms. The van der Waals surface area contributed by atoms with Crippen molar-refractivity contribution in [1.82, 2.24) is 5.32 Å². The number of nitrogens with zero attached hydrogens (tertiary/aromatic N) is 1. The molecule has 0 heterocycles. The first-order valence-corrected chi connectivity index (χ1v) is 10.3. The highest BCUT2D eigenvalue weighted by atomic mass is 32.2. The van der Waals surface area contributed by atoms with E-state index in [-0.39, 0.29) is 12.5 Å². The van der Waals surface area contributed by atoms with Crippen LogP contribution in [0.1, 0.15) is 15.9 Å². The van der Waals surface area contributed by atoms with Crippen molar-refractivity contribution < 1.29 is 17.9 Å². The lowest BCUT2D eigenvalue weighted by atomic mass is 10.2. The molecule has 0 radical (unpaired) electrons. The number of aryl methyl sites for hydroxylation is 1. The molecular weight excluding hydrogens is 364 g/mol. The van der Waals surface area contributed by atoms with E-state index in [4.69, 9.17) is 4.74 Å². The molecule has 0 atom stereocenters. The summed E-state index contributed by atoms with van der Waals surface area (Å²) in [5, 5.41) is 2.78. The van der Waals surface area contributed by atoms with Crippen LogP contribution in [0.25, 0.3) is 0 Å². The summed E-state index contributed by atoms with van der Waals surface area (Å²) in [6.07, 6.45) is 2.64. The molecule has 0 aliphatic rings. The Morgan fingerprint density at radius 1 is 1.22 bits per heavy atom. The fourth-order valence-electron chi connectivity index (χ4n) is 2.47. The van der Waals surface area contributed by atoms with E-state index >= 15 is 0 Å². The van der Waals surface area contributed by atoms with Crippen molar-refractivity contribution in [3.63, 3.8) is 0 Å². The van der Waals surface area contributed by atoms with Crippen molar-refractivity contribution in [1.29, 1.82) is 0 Å². The van der Waals surface area contributed by atoms with Crippen molar-refractivity contribution in [3.8, 4) is 5.75 Å². The van der Waals surface area contributed by atoms with Gasteiger partial charge in [0.25, 0.3) is 5.91 Å². The van der Waals surface area contributed by atoms with E-state index in [2.05, 4.69) is 11.9 Å². The van der Waals surface area contributed by atoms with E-state index in [1.165, 1.54) is 10.4 Å². The molecule has 2 rings (SSSR count). The monoisotopic (exact) mass is 388 g/mol. The predicted octanol–water partition coefficient (Wildman–Crippen LogP) is 2.76. The van der Waals surface area contributed by atoms with Crippen LogP contribution in [0.3, 0.4) is 0 Å². The van der Waals surface area contributed by atoms with Crippen LogP contribution < -0.4 is 14.4 Å². The summed E-state index contributed by atoms with van der Waals surface area (Å²) in [6, 6.07) is 14.1. The van der Waals surface area contributed by atoms with Crippen LogP contribution in [0.2, 0.25) is 0 Å². The number of amides is 1. The smallest absolute Gasteiger partial charge is 0.251 e. The van der Waals surface area contributed by atoms with Gasteiger partial charge >= 0.3 is 0 Å². The van der Waals surface area contributed by atoms with Crippen LogP contribution in [-0.2, 0) is 10.0 Å². The lowest BCUT2D eigenvalue weighted by Gasteiger charge is -2.20. The second kappa shape index (κ2) is 9.23. The highest BCUT2D eigenvalue weighted by molar-refractivity contribution is 7.92. The maximum Gasteiger partial charge on any atom is 0.251 e. The summed E-state index contributed by atoms with van der Waals surface area (Å²) in [5.41, 5.74) is 2.04. The van der Waals surface area contributed by atoms with Gasteiger partial charge < -0.3 is 10.1 Å². The quantitative estimate of drug-likeness (QED) is 0.529. The minimum absolute atomic E-state index is 0.167. The highest BCUT2D eigenvalue weighted by Crippen LogP contribution is 2.18. The Hall–Kier alpha value is -2.80. The Kier molecular flexibility index (Phi) is 7.01. The molecule has 0 saturated heterocycles. The molecule has 0 saturated carbocycles. The van der Waals surface area contributed by atoms with Gasteiger partial charge in [-0.15, -0.1) is 6.58 Å². The van der Waals surface area contributed by atoms with E-state index in [1.54, 1.807) is 24.3 Å². The maximum absolute atomic E-state index is 12.2. The molecule has 0 fully saturated rings. The first kappa shape index (κ1) is 20.5. The lowest BCUT2D eigenvalue weighted by Crippen LogP contribution is -2.30. The van der Waals surface area contributed by atoms with Gasteiger partial charge in [0, 0.05) is 5.56 Å². The molecule has 144 valence electrons. The van der Waals surface area contributed by atoms with Gasteiger partial charge in [-0.25, -0.2) is 8.42 Å². The Balaban J connectivity index is 1.90. The maximum atomic E-state index is 12.2. The van der Waals surface area contributed by atoms with Crippen molar-refractivity contribution in [3.05, 3.63) is 72.3 Å². The Labute approximate surface area is 160 Å². The first-order chi connectivity index (χ1) is 12.8. The number of nitrogens with one attached hydrogen (secondary N) is 1. The van der Waals surface area contributed by atoms with Crippen LogP contribution >= 0.6 is 0 Å². The Morgan fingerprint density at radius 2 is 1.93 bits per heavy atom. The second-order valence-electron chi connectivity index (χ2n) is 6.05. The summed E-state index contributed by atoms with van der Waals surface area (Å²) in [5.74, 6) is 0.515. The number of carbonyl (C=O) groups is 1. The number of hydrogen-bond donors (Lipinski definition) is 1. The third-order valence-corrected chi connectivity index (χ3v) is 4.92. The van der Waals surface area contributed by atoms with E-state index in [0.29, 0.717) is 24.4 Å². The number of benzene rings is 2. The predicted molar refractivity (Wildman–Crippen MR) is 108 cm³/mol. The molecule has 0 unspecified atom stereocenters. The van der Waals surface area contributed by atoms with Crippen LogP contribution in [0.5, 0.6) is 5.75 Å². The van der Waals surface area contributed by atoms with Gasteiger partial charge in [-0.3, -0.25) is 9.10 Å². The summed E-state index contributed by atoms with van der Waals surface area (Å²) in [7, 11) is -3.42. The van der Waals surface area contributed by atoms with Gasteiger partial charge in [0.1, 0.15) is 12.4 Å². The van der Waals surface area contributed by atoms with E-state index in [0.717, 1.165) is 17.6 Å². The van der Waals surface area contributed by atoms with Crippen molar-refractivity contribution in [2.45, 2.75) is 6.92 Å². The van der Waals surface area contributed by atoms with Crippen LogP contribution in [0, 0.1) is 6.92 Å². The molecule has 1 N–H and O–H groups in total. The Morgan fingerprint density at radius 3 is 2.52 bits per heavy atom. The SMILES string of the molecule is C=CCN(c1ccc(C(=O)NCCOc2cccc(C)c2)cc1)S(C)(=O)=O. The molecule has 0 aromatic heterocycles. The number of hydrogen-bond acceptors (Lipinski definition) is 4. The number of sulfonamides is 1. The molecule has 0 aliphatic carbocycles. The summed E-state index contributed by atoms with van der Waals surface area (Å²) >= 11 is 0. The van der Waals surface area contributed by atoms with Gasteiger partial charge in [-0.1, -0.05) is 18.2 Å². The van der Waals surface area contributed by atoms with Crippen molar-refractivity contribution >= 4 is 21.6 Å². The minimum Gasteiger partial charge on any atom is -0.492 e. The van der Waals surface area contributed by atoms with Crippen LogP contribution in [0.4, 0.5) is 5.69 Å². The van der Waals surface area contributed by atoms with Gasteiger partial charge in [-0.05, 0) is 48.9 Å². The average molecular weight is 388 g/mol. The largest absolute Gasteiger partial charge is 0.492 e. The summed E-state index contributed by atoms with van der Waals surface area (Å²) in [4.78, 5) is 12.2. The van der Waals surface area contributed by atoms with Gasteiger partial charge in [-0.2, -0.15) is 0 Å². The minimum atomic E-state index is -3.42. The zero-order chi connectivity index (χ0) is 19.9. The number of anilines is 1. The Bertz CT molecular complexity index is 892. The first-order valence-electron chi connectivity index (χ1n) is 8.47. The van der Waals surface area contributed by atoms with Crippen molar-refractivity contribution in [2.75, 3.05) is 30.3 Å². The third kappa shape index (κ3) is 6.14. The van der Waals surface area contributed by atoms with E-state index in [9.17, 15) is 13.2 Å². The molecule has 0 spiro atoms. The molecule has 2 aromatic rings. The molecule has 27 heavy (non-hydrogen) atoms. The number of ether oxygens (including phenoxy) is 1. The zero-order valence-corrected chi connectivity index (χ0v) is 16.3. The van der Waals surface area contributed by atoms with Gasteiger partial charge in [0.15, 0.2) is 0 Å². The molecule has 0 bridgehead atoms.